The van der Waals surface area contributed by atoms with Crippen LogP contribution < -0.4 is 0 Å². The summed E-state index contributed by atoms with van der Waals surface area (Å²) in [6, 6.07) is 5.53. The van der Waals surface area contributed by atoms with Crippen molar-refractivity contribution in [2.75, 3.05) is 0 Å². The van der Waals surface area contributed by atoms with Crippen molar-refractivity contribution in [3.05, 3.63) is 35.0 Å². The van der Waals surface area contributed by atoms with Gasteiger partial charge < -0.3 is 5.11 Å². The highest BCUT2D eigenvalue weighted by Crippen LogP contribution is 2.36. The molecule has 0 aliphatic rings. The molecule has 0 spiro atoms. The molecule has 0 bridgehead atoms. The molecule has 2 aromatic rings. The normalized spacial score (nSPS) is 12.0. The highest BCUT2D eigenvalue weighted by molar-refractivity contribution is 6.35. The van der Waals surface area contributed by atoms with E-state index in [2.05, 4.69) is 4.98 Å². The van der Waals surface area contributed by atoms with Crippen LogP contribution in [0.25, 0.3) is 10.9 Å². The summed E-state index contributed by atoms with van der Waals surface area (Å²) >= 11 is 5.72. The third-order valence-electron chi connectivity index (χ3n) is 2.04. The number of pyridine rings is 1. The maximum atomic E-state index is 12.4. The first-order valence-corrected chi connectivity index (χ1v) is 4.63. The molecule has 2 nitrogen and oxygen atoms in total. The number of aromatic hydroxyl groups is 1. The minimum absolute atomic E-state index is 0.0225. The molecule has 1 N–H and O–H groups in total. The van der Waals surface area contributed by atoms with E-state index in [0.29, 0.717) is 5.39 Å². The smallest absolute Gasteiger partial charge is 0.437 e. The summed E-state index contributed by atoms with van der Waals surface area (Å²) in [5.74, 6) is -0.901. The van der Waals surface area contributed by atoms with Gasteiger partial charge in [-0.2, -0.15) is 13.2 Å². The number of benzene rings is 1. The first-order chi connectivity index (χ1) is 7.39. The molecule has 1 aromatic heterocycles. The molecule has 0 amide bonds. The quantitative estimate of drug-likeness (QED) is 0.771. The Bertz CT molecular complexity index is 553. The van der Waals surface area contributed by atoms with Crippen LogP contribution in [0.2, 0.25) is 5.02 Å². The number of hydrogen-bond donors (Lipinski definition) is 1. The van der Waals surface area contributed by atoms with Crippen LogP contribution in [0.3, 0.4) is 0 Å². The summed E-state index contributed by atoms with van der Waals surface area (Å²) in [5, 5.41) is 9.68. The second-order valence-corrected chi connectivity index (χ2v) is 3.57. The number of rotatable bonds is 0. The molecule has 1 aromatic carbocycles. The summed E-state index contributed by atoms with van der Waals surface area (Å²) in [7, 11) is 0. The van der Waals surface area contributed by atoms with E-state index in [1.807, 2.05) is 0 Å². The molecular weight excluding hydrogens is 243 g/mol. The maximum absolute atomic E-state index is 12.4. The number of alkyl halides is 3. The van der Waals surface area contributed by atoms with Crippen LogP contribution in [0, 0.1) is 0 Å². The lowest BCUT2D eigenvalue weighted by Gasteiger charge is -2.09. The largest absolute Gasteiger partial charge is 0.506 e. The van der Waals surface area contributed by atoms with E-state index in [1.165, 1.54) is 12.1 Å². The number of fused-ring (bicyclic) bond motifs is 1. The number of halogens is 4. The van der Waals surface area contributed by atoms with Gasteiger partial charge in [-0.15, -0.1) is 0 Å². The lowest BCUT2D eigenvalue weighted by Crippen LogP contribution is -2.08. The molecule has 16 heavy (non-hydrogen) atoms. The predicted molar refractivity (Wildman–Crippen MR) is 53.4 cm³/mol. The van der Waals surface area contributed by atoms with Crippen molar-refractivity contribution in [2.24, 2.45) is 0 Å². The Morgan fingerprint density at radius 3 is 2.56 bits per heavy atom. The fourth-order valence-electron chi connectivity index (χ4n) is 1.36. The third kappa shape index (κ3) is 1.78. The van der Waals surface area contributed by atoms with E-state index in [0.717, 1.165) is 6.07 Å². The van der Waals surface area contributed by atoms with E-state index in [9.17, 15) is 18.3 Å². The molecule has 0 aliphatic heterocycles. The highest BCUT2D eigenvalue weighted by Gasteiger charge is 2.36. The lowest BCUT2D eigenvalue weighted by molar-refractivity contribution is -0.142. The van der Waals surface area contributed by atoms with Gasteiger partial charge in [-0.25, -0.2) is 4.98 Å². The van der Waals surface area contributed by atoms with Gasteiger partial charge in [0.1, 0.15) is 5.75 Å². The first-order valence-electron chi connectivity index (χ1n) is 4.25. The zero-order valence-corrected chi connectivity index (χ0v) is 8.47. The number of hydrogen-bond acceptors (Lipinski definition) is 2. The van der Waals surface area contributed by atoms with Gasteiger partial charge in [-0.05, 0) is 12.1 Å². The Kier molecular flexibility index (Phi) is 2.42. The van der Waals surface area contributed by atoms with Crippen LogP contribution in [0.4, 0.5) is 13.2 Å². The summed E-state index contributed by atoms with van der Waals surface area (Å²) < 4.78 is 37.3. The SMILES string of the molecule is Oc1cc2cccc(Cl)c2nc1C(F)(F)F. The van der Waals surface area contributed by atoms with Gasteiger partial charge in [0.2, 0.25) is 0 Å². The molecular formula is C10H5ClF3NO. The number of aromatic nitrogens is 1. The van der Waals surface area contributed by atoms with Crippen LogP contribution in [0.1, 0.15) is 5.69 Å². The van der Waals surface area contributed by atoms with Crippen LogP contribution in [0.15, 0.2) is 24.3 Å². The molecule has 0 fully saturated rings. The first kappa shape index (κ1) is 11.0. The Balaban J connectivity index is 2.80. The lowest BCUT2D eigenvalue weighted by atomic mass is 10.2. The van der Waals surface area contributed by atoms with Crippen molar-refractivity contribution in [2.45, 2.75) is 6.18 Å². The Morgan fingerprint density at radius 1 is 1.25 bits per heavy atom. The van der Waals surface area contributed by atoms with Gasteiger partial charge in [-0.1, -0.05) is 23.7 Å². The third-order valence-corrected chi connectivity index (χ3v) is 2.35. The average Bonchev–Trinajstić information content (AvgIpc) is 2.15. The van der Waals surface area contributed by atoms with Crippen molar-refractivity contribution in [3.8, 4) is 5.75 Å². The van der Waals surface area contributed by atoms with Crippen molar-refractivity contribution < 1.29 is 18.3 Å². The van der Waals surface area contributed by atoms with Gasteiger partial charge in [-0.3, -0.25) is 0 Å². The summed E-state index contributed by atoms with van der Waals surface area (Å²) in [4.78, 5) is 3.34. The van der Waals surface area contributed by atoms with E-state index in [-0.39, 0.29) is 10.5 Å². The van der Waals surface area contributed by atoms with Crippen molar-refractivity contribution in [3.63, 3.8) is 0 Å². The zero-order chi connectivity index (χ0) is 11.9. The average molecular weight is 248 g/mol. The zero-order valence-electron chi connectivity index (χ0n) is 7.72. The second-order valence-electron chi connectivity index (χ2n) is 3.17. The van der Waals surface area contributed by atoms with E-state index >= 15 is 0 Å². The second kappa shape index (κ2) is 3.52. The molecule has 0 saturated carbocycles. The molecule has 84 valence electrons. The fourth-order valence-corrected chi connectivity index (χ4v) is 1.58. The predicted octanol–water partition coefficient (Wildman–Crippen LogP) is 3.61. The monoisotopic (exact) mass is 247 g/mol. The van der Waals surface area contributed by atoms with Gasteiger partial charge in [0.05, 0.1) is 10.5 Å². The molecule has 1 heterocycles. The fraction of sp³-hybridized carbons (Fsp3) is 0.100. The van der Waals surface area contributed by atoms with Crippen LogP contribution in [-0.2, 0) is 6.18 Å². The molecule has 0 unspecified atom stereocenters. The van der Waals surface area contributed by atoms with E-state index in [1.54, 1.807) is 6.07 Å². The topological polar surface area (TPSA) is 33.1 Å². The van der Waals surface area contributed by atoms with Crippen LogP contribution in [0.5, 0.6) is 5.75 Å². The maximum Gasteiger partial charge on any atom is 0.437 e. The van der Waals surface area contributed by atoms with E-state index in [4.69, 9.17) is 11.6 Å². The van der Waals surface area contributed by atoms with Crippen LogP contribution >= 0.6 is 11.6 Å². The molecule has 0 atom stereocenters. The number of nitrogens with zero attached hydrogens (tertiary/aromatic N) is 1. The minimum atomic E-state index is -4.70. The Labute approximate surface area is 93.3 Å². The summed E-state index contributed by atoms with van der Waals surface area (Å²) in [6.45, 7) is 0. The summed E-state index contributed by atoms with van der Waals surface area (Å²) in [5.41, 5.74) is -1.30. The summed E-state index contributed by atoms with van der Waals surface area (Å²) in [6.07, 6.45) is -4.70. The number of para-hydroxylation sites is 1. The molecule has 6 heteroatoms. The Hall–Kier alpha value is -1.49. The van der Waals surface area contributed by atoms with Crippen molar-refractivity contribution >= 4 is 22.5 Å². The molecule has 0 aliphatic carbocycles. The minimum Gasteiger partial charge on any atom is -0.506 e. The molecule has 0 saturated heterocycles. The van der Waals surface area contributed by atoms with Gasteiger partial charge in [0.15, 0.2) is 5.69 Å². The van der Waals surface area contributed by atoms with Crippen LogP contribution in [-0.4, -0.2) is 10.1 Å². The molecule has 0 radical (unpaired) electrons. The standard InChI is InChI=1S/C10H5ClF3NO/c11-6-3-1-2-5-4-7(16)9(10(12,13)14)15-8(5)6/h1-4,16H. The van der Waals surface area contributed by atoms with Gasteiger partial charge in [0.25, 0.3) is 0 Å². The van der Waals surface area contributed by atoms with Gasteiger partial charge >= 0.3 is 6.18 Å². The highest BCUT2D eigenvalue weighted by atomic mass is 35.5. The van der Waals surface area contributed by atoms with E-state index < -0.39 is 17.6 Å². The molecule has 2 rings (SSSR count). The van der Waals surface area contributed by atoms with Crippen molar-refractivity contribution in [1.82, 2.24) is 4.98 Å². The van der Waals surface area contributed by atoms with Gasteiger partial charge in [0, 0.05) is 5.39 Å². The Morgan fingerprint density at radius 2 is 1.94 bits per heavy atom. The van der Waals surface area contributed by atoms with Crippen molar-refractivity contribution in [1.29, 1.82) is 0 Å².